The zero-order chi connectivity index (χ0) is 13.7. The van der Waals surface area contributed by atoms with E-state index in [1.54, 1.807) is 0 Å². The van der Waals surface area contributed by atoms with Gasteiger partial charge >= 0.3 is 11.9 Å². The average Bonchev–Trinajstić information content (AvgIpc) is 2.73. The fourth-order valence-corrected chi connectivity index (χ4v) is 1.66. The highest BCUT2D eigenvalue weighted by molar-refractivity contribution is 5.85. The molecule has 0 radical (unpaired) electrons. The normalized spacial score (nSPS) is 24.5. The number of hydrogen-bond acceptors (Lipinski definition) is 5. The Morgan fingerprint density at radius 2 is 2.00 bits per heavy atom. The number of ether oxygens (including phenoxy) is 1. The molecule has 1 heterocycles. The number of hydrogen-bond donors (Lipinski definition) is 4. The summed E-state index contributed by atoms with van der Waals surface area (Å²) in [4.78, 5) is 32.3. The van der Waals surface area contributed by atoms with Crippen LogP contribution in [0.2, 0.25) is 0 Å². The Labute approximate surface area is 103 Å². The van der Waals surface area contributed by atoms with Gasteiger partial charge in [0.1, 0.15) is 0 Å². The minimum Gasteiger partial charge on any atom is -0.481 e. The summed E-state index contributed by atoms with van der Waals surface area (Å²) in [5.74, 6) is -2.76. The topological polar surface area (TPSA) is 139 Å². The zero-order valence-corrected chi connectivity index (χ0v) is 9.67. The second-order valence-corrected chi connectivity index (χ2v) is 4.11. The first kappa shape index (κ1) is 14.4. The molecule has 0 aromatic heterocycles. The van der Waals surface area contributed by atoms with Gasteiger partial charge in [0.15, 0.2) is 6.10 Å². The lowest BCUT2D eigenvalue weighted by molar-refractivity contribution is -0.149. The van der Waals surface area contributed by atoms with Crippen LogP contribution in [0.25, 0.3) is 0 Å². The largest absolute Gasteiger partial charge is 0.481 e. The Bertz CT molecular complexity index is 345. The second-order valence-electron chi connectivity index (χ2n) is 4.11. The average molecular weight is 260 g/mol. The smallest absolute Gasteiger partial charge is 0.332 e. The van der Waals surface area contributed by atoms with Gasteiger partial charge in [0.25, 0.3) is 0 Å². The number of carbonyl (C=O) groups is 3. The number of carboxylic acids is 2. The first-order valence-electron chi connectivity index (χ1n) is 5.53. The molecule has 18 heavy (non-hydrogen) atoms. The van der Waals surface area contributed by atoms with E-state index in [2.05, 4.69) is 5.32 Å². The lowest BCUT2D eigenvalue weighted by Gasteiger charge is -2.14. The van der Waals surface area contributed by atoms with Gasteiger partial charge in [-0.15, -0.1) is 0 Å². The zero-order valence-electron chi connectivity index (χ0n) is 9.67. The fourth-order valence-electron chi connectivity index (χ4n) is 1.66. The maximum atomic E-state index is 11.4. The van der Waals surface area contributed by atoms with Gasteiger partial charge in [-0.3, -0.25) is 9.59 Å². The van der Waals surface area contributed by atoms with Gasteiger partial charge in [-0.25, -0.2) is 4.79 Å². The molecule has 1 amide bonds. The predicted octanol–water partition coefficient (Wildman–Crippen LogP) is -1.46. The van der Waals surface area contributed by atoms with Crippen molar-refractivity contribution in [1.82, 2.24) is 5.32 Å². The van der Waals surface area contributed by atoms with Crippen molar-refractivity contribution in [3.63, 3.8) is 0 Å². The van der Waals surface area contributed by atoms with E-state index in [0.717, 1.165) is 0 Å². The van der Waals surface area contributed by atoms with Crippen LogP contribution >= 0.6 is 0 Å². The highest BCUT2D eigenvalue weighted by Crippen LogP contribution is 2.19. The monoisotopic (exact) mass is 260 g/mol. The van der Waals surface area contributed by atoms with Crippen LogP contribution in [0, 0.1) is 0 Å². The number of nitrogens with one attached hydrogen (secondary N) is 1. The molecular formula is C10H16N2O6. The van der Waals surface area contributed by atoms with E-state index in [1.165, 1.54) is 0 Å². The summed E-state index contributed by atoms with van der Waals surface area (Å²) in [6.45, 7) is 0.135. The lowest BCUT2D eigenvalue weighted by atomic mass is 10.2. The number of aliphatic carboxylic acids is 2. The molecule has 0 saturated carbocycles. The molecular weight excluding hydrogens is 244 g/mol. The predicted molar refractivity (Wildman–Crippen MR) is 58.8 cm³/mol. The van der Waals surface area contributed by atoms with E-state index in [4.69, 9.17) is 20.7 Å². The fraction of sp³-hybridized carbons (Fsp3) is 0.700. The van der Waals surface area contributed by atoms with Gasteiger partial charge in [-0.05, 0) is 12.8 Å². The highest BCUT2D eigenvalue weighted by atomic mass is 16.5. The molecule has 3 atom stereocenters. The summed E-state index contributed by atoms with van der Waals surface area (Å²) in [6, 6.07) is -1.11. The molecule has 1 aliphatic rings. The number of rotatable bonds is 6. The van der Waals surface area contributed by atoms with Gasteiger partial charge in [0, 0.05) is 6.54 Å². The molecule has 0 aliphatic carbocycles. The molecule has 1 saturated heterocycles. The van der Waals surface area contributed by atoms with Crippen LogP contribution in [0.15, 0.2) is 0 Å². The van der Waals surface area contributed by atoms with Gasteiger partial charge in [0.2, 0.25) is 5.91 Å². The van der Waals surface area contributed by atoms with Crippen molar-refractivity contribution in [3.8, 4) is 0 Å². The Hall–Kier alpha value is -1.67. The molecule has 8 heteroatoms. The molecule has 1 aliphatic heterocycles. The van der Waals surface area contributed by atoms with Gasteiger partial charge < -0.3 is 26.0 Å². The summed E-state index contributed by atoms with van der Waals surface area (Å²) < 4.78 is 5.16. The standard InChI is InChI=1S/C10H16N2O6/c11-6(3-8(13)14)9(15)12-4-5-1-2-7(18-5)10(16)17/h5-7H,1-4,11H2,(H,12,15)(H,13,14)(H,16,17). The van der Waals surface area contributed by atoms with Crippen LogP contribution < -0.4 is 11.1 Å². The third kappa shape index (κ3) is 4.30. The van der Waals surface area contributed by atoms with Crippen molar-refractivity contribution in [2.24, 2.45) is 5.73 Å². The maximum Gasteiger partial charge on any atom is 0.332 e. The summed E-state index contributed by atoms with van der Waals surface area (Å²) in [5.41, 5.74) is 5.35. The van der Waals surface area contributed by atoms with Gasteiger partial charge in [0.05, 0.1) is 18.6 Å². The maximum absolute atomic E-state index is 11.4. The van der Waals surface area contributed by atoms with E-state index in [-0.39, 0.29) is 12.6 Å². The molecule has 0 aromatic carbocycles. The molecule has 5 N–H and O–H groups in total. The Kier molecular flexibility index (Phi) is 5.05. The number of amides is 1. The molecule has 102 valence electrons. The summed E-state index contributed by atoms with van der Waals surface area (Å²) in [6.07, 6.45) is -0.718. The van der Waals surface area contributed by atoms with Crippen LogP contribution in [0.4, 0.5) is 0 Å². The number of carboxylic acid groups (broad SMARTS) is 2. The van der Waals surface area contributed by atoms with Crippen molar-refractivity contribution >= 4 is 17.8 Å². The minimum absolute atomic E-state index is 0.135. The van der Waals surface area contributed by atoms with Gasteiger partial charge in [-0.2, -0.15) is 0 Å². The lowest BCUT2D eigenvalue weighted by Crippen LogP contribution is -2.44. The molecule has 0 spiro atoms. The molecule has 1 rings (SSSR count). The second kappa shape index (κ2) is 6.31. The SMILES string of the molecule is NC(CC(=O)O)C(=O)NCC1CCC(C(=O)O)O1. The molecule has 0 bridgehead atoms. The van der Waals surface area contributed by atoms with Crippen LogP contribution in [0.5, 0.6) is 0 Å². The van der Waals surface area contributed by atoms with E-state index in [1.807, 2.05) is 0 Å². The quantitative estimate of drug-likeness (QED) is 0.457. The third-order valence-electron chi connectivity index (χ3n) is 2.62. The Morgan fingerprint density at radius 3 is 2.50 bits per heavy atom. The van der Waals surface area contributed by atoms with E-state index < -0.39 is 36.4 Å². The third-order valence-corrected chi connectivity index (χ3v) is 2.62. The first-order chi connectivity index (χ1) is 8.40. The van der Waals surface area contributed by atoms with Crippen molar-refractivity contribution < 1.29 is 29.3 Å². The van der Waals surface area contributed by atoms with Crippen molar-refractivity contribution in [2.45, 2.75) is 37.5 Å². The Balaban J connectivity index is 2.27. The minimum atomic E-state index is -1.15. The molecule has 3 unspecified atom stereocenters. The summed E-state index contributed by atoms with van der Waals surface area (Å²) in [5, 5.41) is 19.6. The first-order valence-corrected chi connectivity index (χ1v) is 5.53. The van der Waals surface area contributed by atoms with E-state index in [9.17, 15) is 14.4 Å². The molecule has 1 fully saturated rings. The highest BCUT2D eigenvalue weighted by Gasteiger charge is 2.30. The summed E-state index contributed by atoms with van der Waals surface area (Å²) >= 11 is 0. The van der Waals surface area contributed by atoms with Crippen molar-refractivity contribution in [1.29, 1.82) is 0 Å². The number of nitrogens with two attached hydrogens (primary N) is 1. The van der Waals surface area contributed by atoms with Gasteiger partial charge in [-0.1, -0.05) is 0 Å². The van der Waals surface area contributed by atoms with Crippen molar-refractivity contribution in [3.05, 3.63) is 0 Å². The van der Waals surface area contributed by atoms with Crippen LogP contribution in [-0.4, -0.2) is 52.9 Å². The molecule has 8 nitrogen and oxygen atoms in total. The molecule has 0 aromatic rings. The van der Waals surface area contributed by atoms with Crippen LogP contribution in [0.1, 0.15) is 19.3 Å². The van der Waals surface area contributed by atoms with Crippen molar-refractivity contribution in [2.75, 3.05) is 6.54 Å². The summed E-state index contributed by atoms with van der Waals surface area (Å²) in [7, 11) is 0. The number of carbonyl (C=O) groups excluding carboxylic acids is 1. The van der Waals surface area contributed by atoms with Crippen LogP contribution in [0.3, 0.4) is 0 Å². The van der Waals surface area contributed by atoms with E-state index >= 15 is 0 Å². The van der Waals surface area contributed by atoms with E-state index in [0.29, 0.717) is 12.8 Å². The Morgan fingerprint density at radius 1 is 1.33 bits per heavy atom. The van der Waals surface area contributed by atoms with Crippen LogP contribution in [-0.2, 0) is 19.1 Å².